The standard InChI is InChI=1S/C33H27N3O2/c37-29(35-19-18-22-10-4-5-13-24(22)20-35)21-36-32(25-14-6-7-15-26(25)33(36)38)30-27-16-8-9-17-28(27)34-31(30)23-11-2-1-3-12-23/h1-17,32,34H,18-21H2. The summed E-state index contributed by atoms with van der Waals surface area (Å²) in [5.74, 6) is -0.118. The second-order valence-electron chi connectivity index (χ2n) is 10.1. The Bertz CT molecular complexity index is 1690. The molecule has 2 amide bonds. The van der Waals surface area contributed by atoms with Gasteiger partial charge in [-0.15, -0.1) is 0 Å². The lowest BCUT2D eigenvalue weighted by Gasteiger charge is -2.32. The van der Waals surface area contributed by atoms with Crippen LogP contribution in [0.3, 0.4) is 0 Å². The number of amides is 2. The van der Waals surface area contributed by atoms with Crippen LogP contribution in [-0.2, 0) is 17.8 Å². The number of nitrogens with one attached hydrogen (secondary N) is 1. The smallest absolute Gasteiger partial charge is 0.255 e. The Labute approximate surface area is 221 Å². The van der Waals surface area contributed by atoms with Crippen LogP contribution in [0, 0.1) is 0 Å². The van der Waals surface area contributed by atoms with Gasteiger partial charge in [0, 0.05) is 35.1 Å². The molecule has 1 atom stereocenters. The van der Waals surface area contributed by atoms with Gasteiger partial charge >= 0.3 is 0 Å². The Hall–Kier alpha value is -4.64. The SMILES string of the molecule is O=C(CN1C(=O)c2ccccc2C1c1c(-c2ccccc2)[nH]c2ccccc12)N1CCc2ccccc2C1. The largest absolute Gasteiger partial charge is 0.354 e. The molecular weight excluding hydrogens is 470 g/mol. The number of para-hydroxylation sites is 1. The molecule has 5 heteroatoms. The minimum absolute atomic E-state index is 0.0215. The molecule has 0 bridgehead atoms. The van der Waals surface area contributed by atoms with Crippen LogP contribution < -0.4 is 0 Å². The first-order chi connectivity index (χ1) is 18.7. The van der Waals surface area contributed by atoms with Gasteiger partial charge in [0.25, 0.3) is 5.91 Å². The molecule has 3 heterocycles. The maximum absolute atomic E-state index is 13.8. The van der Waals surface area contributed by atoms with Crippen molar-refractivity contribution in [3.05, 3.63) is 131 Å². The van der Waals surface area contributed by atoms with Crippen molar-refractivity contribution in [3.8, 4) is 11.3 Å². The molecule has 1 aromatic heterocycles. The van der Waals surface area contributed by atoms with Gasteiger partial charge in [-0.1, -0.05) is 91.0 Å². The summed E-state index contributed by atoms with van der Waals surface area (Å²) in [5.41, 5.74) is 8.15. The number of hydrogen-bond acceptors (Lipinski definition) is 2. The predicted octanol–water partition coefficient (Wildman–Crippen LogP) is 5.97. The molecule has 2 aliphatic rings. The van der Waals surface area contributed by atoms with Crippen LogP contribution in [0.1, 0.15) is 38.7 Å². The fraction of sp³-hybridized carbons (Fsp3) is 0.152. The first-order valence-corrected chi connectivity index (χ1v) is 13.1. The minimum Gasteiger partial charge on any atom is -0.354 e. The molecule has 0 saturated heterocycles. The summed E-state index contributed by atoms with van der Waals surface area (Å²) in [4.78, 5) is 34.8. The number of nitrogens with zero attached hydrogens (tertiary/aromatic N) is 2. The van der Waals surface area contributed by atoms with E-state index in [-0.39, 0.29) is 24.4 Å². The van der Waals surface area contributed by atoms with E-state index < -0.39 is 0 Å². The predicted molar refractivity (Wildman–Crippen MR) is 149 cm³/mol. The van der Waals surface area contributed by atoms with Crippen LogP contribution in [0.25, 0.3) is 22.2 Å². The molecule has 1 N–H and O–H groups in total. The topological polar surface area (TPSA) is 56.4 Å². The highest BCUT2D eigenvalue weighted by Gasteiger charge is 2.41. The number of rotatable bonds is 4. The lowest BCUT2D eigenvalue weighted by molar-refractivity contribution is -0.133. The van der Waals surface area contributed by atoms with Gasteiger partial charge in [0.2, 0.25) is 5.91 Å². The highest BCUT2D eigenvalue weighted by molar-refractivity contribution is 6.03. The van der Waals surface area contributed by atoms with Gasteiger partial charge in [-0.3, -0.25) is 9.59 Å². The van der Waals surface area contributed by atoms with E-state index >= 15 is 0 Å². The van der Waals surface area contributed by atoms with E-state index in [1.165, 1.54) is 11.1 Å². The zero-order valence-corrected chi connectivity index (χ0v) is 20.9. The second kappa shape index (κ2) is 9.03. The Morgan fingerprint density at radius 3 is 2.39 bits per heavy atom. The van der Waals surface area contributed by atoms with Crippen molar-refractivity contribution < 1.29 is 9.59 Å². The fourth-order valence-corrected chi connectivity index (χ4v) is 6.08. The number of carbonyl (C=O) groups is 2. The van der Waals surface area contributed by atoms with Gasteiger partial charge < -0.3 is 14.8 Å². The quantitative estimate of drug-likeness (QED) is 0.333. The van der Waals surface area contributed by atoms with E-state index in [1.54, 1.807) is 4.90 Å². The van der Waals surface area contributed by atoms with E-state index in [1.807, 2.05) is 71.6 Å². The number of aromatic amines is 1. The number of aromatic nitrogens is 1. The number of fused-ring (bicyclic) bond motifs is 3. The monoisotopic (exact) mass is 497 g/mol. The van der Waals surface area contributed by atoms with E-state index in [0.29, 0.717) is 18.7 Å². The molecule has 4 aromatic carbocycles. The summed E-state index contributed by atoms with van der Waals surface area (Å²) in [5, 5.41) is 1.06. The summed E-state index contributed by atoms with van der Waals surface area (Å²) in [6.07, 6.45) is 0.833. The van der Waals surface area contributed by atoms with Crippen LogP contribution in [0.15, 0.2) is 103 Å². The Morgan fingerprint density at radius 2 is 1.53 bits per heavy atom. The third kappa shape index (κ3) is 3.62. The molecule has 5 nitrogen and oxygen atoms in total. The maximum Gasteiger partial charge on any atom is 0.255 e. The average molecular weight is 498 g/mol. The van der Waals surface area contributed by atoms with Crippen molar-refractivity contribution >= 4 is 22.7 Å². The maximum atomic E-state index is 13.8. The molecule has 2 aliphatic heterocycles. The van der Waals surface area contributed by atoms with Gasteiger partial charge in [0.15, 0.2) is 0 Å². The molecule has 0 saturated carbocycles. The highest BCUT2D eigenvalue weighted by atomic mass is 16.2. The van der Waals surface area contributed by atoms with Gasteiger partial charge in [0.05, 0.1) is 11.7 Å². The second-order valence-corrected chi connectivity index (χ2v) is 10.1. The third-order valence-corrected chi connectivity index (χ3v) is 7.93. The summed E-state index contributed by atoms with van der Waals surface area (Å²) < 4.78 is 0. The van der Waals surface area contributed by atoms with Crippen molar-refractivity contribution in [2.24, 2.45) is 0 Å². The summed E-state index contributed by atoms with van der Waals surface area (Å²) in [6, 6.07) is 34.1. The van der Waals surface area contributed by atoms with Crippen LogP contribution in [-0.4, -0.2) is 39.7 Å². The molecule has 0 fully saturated rings. The van der Waals surface area contributed by atoms with E-state index in [2.05, 4.69) is 41.4 Å². The van der Waals surface area contributed by atoms with Crippen molar-refractivity contribution in [2.75, 3.05) is 13.1 Å². The number of hydrogen-bond donors (Lipinski definition) is 1. The first-order valence-electron chi connectivity index (χ1n) is 13.1. The molecule has 0 aliphatic carbocycles. The van der Waals surface area contributed by atoms with Gasteiger partial charge in [-0.05, 0) is 40.8 Å². The molecular formula is C33H27N3O2. The van der Waals surface area contributed by atoms with Crippen molar-refractivity contribution in [1.29, 1.82) is 0 Å². The third-order valence-electron chi connectivity index (χ3n) is 7.93. The lowest BCUT2D eigenvalue weighted by atomic mass is 9.93. The number of benzene rings is 4. The number of carbonyl (C=O) groups excluding carboxylic acids is 2. The van der Waals surface area contributed by atoms with Crippen molar-refractivity contribution in [1.82, 2.24) is 14.8 Å². The normalized spacial score (nSPS) is 16.5. The van der Waals surface area contributed by atoms with E-state index in [9.17, 15) is 9.59 Å². The molecule has 38 heavy (non-hydrogen) atoms. The number of H-pyrrole nitrogens is 1. The average Bonchev–Trinajstić information content (AvgIpc) is 3.48. The summed E-state index contributed by atoms with van der Waals surface area (Å²) in [6.45, 7) is 1.28. The Morgan fingerprint density at radius 1 is 0.816 bits per heavy atom. The van der Waals surface area contributed by atoms with E-state index in [4.69, 9.17) is 0 Å². The van der Waals surface area contributed by atoms with Crippen molar-refractivity contribution in [3.63, 3.8) is 0 Å². The molecule has 5 aromatic rings. The Kier molecular flexibility index (Phi) is 5.36. The van der Waals surface area contributed by atoms with Gasteiger partial charge in [0.1, 0.15) is 6.54 Å². The van der Waals surface area contributed by atoms with Crippen LogP contribution in [0.4, 0.5) is 0 Å². The minimum atomic E-state index is -0.369. The highest BCUT2D eigenvalue weighted by Crippen LogP contribution is 2.45. The molecule has 0 radical (unpaired) electrons. The van der Waals surface area contributed by atoms with Crippen molar-refractivity contribution in [2.45, 2.75) is 19.0 Å². The molecule has 1 unspecified atom stereocenters. The van der Waals surface area contributed by atoms with Crippen LogP contribution in [0.2, 0.25) is 0 Å². The van der Waals surface area contributed by atoms with E-state index in [0.717, 1.165) is 39.7 Å². The Balaban J connectivity index is 1.32. The molecule has 0 spiro atoms. The van der Waals surface area contributed by atoms with Crippen LogP contribution >= 0.6 is 0 Å². The summed E-state index contributed by atoms with van der Waals surface area (Å²) >= 11 is 0. The summed E-state index contributed by atoms with van der Waals surface area (Å²) in [7, 11) is 0. The first kappa shape index (κ1) is 22.5. The van der Waals surface area contributed by atoms with Gasteiger partial charge in [-0.25, -0.2) is 0 Å². The van der Waals surface area contributed by atoms with Crippen LogP contribution in [0.5, 0.6) is 0 Å². The van der Waals surface area contributed by atoms with Gasteiger partial charge in [-0.2, -0.15) is 0 Å². The fourth-order valence-electron chi connectivity index (χ4n) is 6.08. The lowest BCUT2D eigenvalue weighted by Crippen LogP contribution is -2.44. The zero-order valence-electron chi connectivity index (χ0n) is 20.9. The molecule has 186 valence electrons. The zero-order chi connectivity index (χ0) is 25.6. The molecule has 7 rings (SSSR count).